The number of nitrogens with zero attached hydrogens (tertiary/aromatic N) is 1. The monoisotopic (exact) mass is 183 g/mol. The molecule has 0 aromatic heterocycles. The third-order valence-electron chi connectivity index (χ3n) is 1.64. The predicted octanol–water partition coefficient (Wildman–Crippen LogP) is 1.28. The number of likely N-dealkylation sites (tertiary alicyclic amines) is 1. The van der Waals surface area contributed by atoms with Gasteiger partial charge in [-0.3, -0.25) is 9.69 Å². The zero-order valence-electron chi connectivity index (χ0n) is 8.26. The number of carbonyl (C=O) groups excluding carboxylic acids is 2. The minimum absolute atomic E-state index is 0.123. The maximum atomic E-state index is 11.4. The summed E-state index contributed by atoms with van der Waals surface area (Å²) in [6.45, 7) is 7.27. The van der Waals surface area contributed by atoms with Gasteiger partial charge >= 0.3 is 6.03 Å². The highest BCUT2D eigenvalue weighted by molar-refractivity contribution is 5.97. The number of rotatable bonds is 0. The van der Waals surface area contributed by atoms with Crippen LogP contribution in [0.25, 0.3) is 0 Å². The van der Waals surface area contributed by atoms with E-state index in [1.807, 2.05) is 20.8 Å². The van der Waals surface area contributed by atoms with Crippen LogP contribution in [0.3, 0.4) is 0 Å². The Morgan fingerprint density at radius 2 is 2.15 bits per heavy atom. The van der Waals surface area contributed by atoms with E-state index in [1.165, 1.54) is 0 Å². The zero-order valence-corrected chi connectivity index (χ0v) is 8.26. The number of imide groups is 1. The molecule has 0 aromatic rings. The average Bonchev–Trinajstić information content (AvgIpc) is 2.30. The van der Waals surface area contributed by atoms with Gasteiger partial charge in [0.1, 0.15) is 0 Å². The fourth-order valence-electron chi connectivity index (χ4n) is 1.12. The third kappa shape index (κ3) is 2.72. The van der Waals surface area contributed by atoms with Gasteiger partial charge in [-0.1, -0.05) is 0 Å². The molecule has 0 spiro atoms. The third-order valence-corrected chi connectivity index (χ3v) is 1.64. The molecule has 0 bridgehead atoms. The van der Waals surface area contributed by atoms with Crippen LogP contribution >= 0.6 is 0 Å². The Kier molecular flexibility index (Phi) is 2.59. The van der Waals surface area contributed by atoms with Crippen molar-refractivity contribution in [1.82, 2.24) is 10.2 Å². The van der Waals surface area contributed by atoms with Crippen LogP contribution < -0.4 is 5.32 Å². The number of hydrogen-bond acceptors (Lipinski definition) is 2. The second-order valence-corrected chi connectivity index (χ2v) is 4.17. The molecule has 1 radical (unpaired) electrons. The maximum absolute atomic E-state index is 11.4. The van der Waals surface area contributed by atoms with Crippen molar-refractivity contribution in [3.8, 4) is 0 Å². The van der Waals surface area contributed by atoms with Gasteiger partial charge in [-0.15, -0.1) is 0 Å². The van der Waals surface area contributed by atoms with E-state index in [-0.39, 0.29) is 17.5 Å². The van der Waals surface area contributed by atoms with Gasteiger partial charge < -0.3 is 5.32 Å². The molecule has 0 aliphatic carbocycles. The molecule has 73 valence electrons. The Hall–Kier alpha value is -1.06. The molecular weight excluding hydrogens is 168 g/mol. The van der Waals surface area contributed by atoms with Crippen LogP contribution in [0.2, 0.25) is 0 Å². The molecule has 0 saturated carbocycles. The highest BCUT2D eigenvalue weighted by atomic mass is 16.2. The summed E-state index contributed by atoms with van der Waals surface area (Å²) in [6, 6.07) is -0.324. The molecule has 1 aliphatic heterocycles. The maximum Gasteiger partial charge on any atom is 0.324 e. The topological polar surface area (TPSA) is 49.4 Å². The summed E-state index contributed by atoms with van der Waals surface area (Å²) in [5.74, 6) is -0.123. The van der Waals surface area contributed by atoms with Crippen molar-refractivity contribution in [2.45, 2.75) is 39.2 Å². The van der Waals surface area contributed by atoms with E-state index in [0.29, 0.717) is 12.8 Å². The molecule has 1 saturated heterocycles. The minimum atomic E-state index is -0.324. The standard InChI is InChI=1S/C9H15N2O2/c1-9(2,3)10-8(13)11-6-4-5-7(11)12/h6H,4-5H2,1-3H3,(H,10,13). The number of amides is 3. The van der Waals surface area contributed by atoms with Crippen LogP contribution in [0.5, 0.6) is 0 Å². The molecule has 1 fully saturated rings. The van der Waals surface area contributed by atoms with E-state index in [4.69, 9.17) is 0 Å². The molecule has 1 rings (SSSR count). The van der Waals surface area contributed by atoms with Crippen LogP contribution in [0.4, 0.5) is 4.79 Å². The number of carbonyl (C=O) groups is 2. The highest BCUT2D eigenvalue weighted by Crippen LogP contribution is 2.14. The first kappa shape index (κ1) is 10.0. The summed E-state index contributed by atoms with van der Waals surface area (Å²) in [6.07, 6.45) is 1.11. The van der Waals surface area contributed by atoms with Gasteiger partial charge in [0.25, 0.3) is 0 Å². The Balaban J connectivity index is 2.53. The van der Waals surface area contributed by atoms with Gasteiger partial charge in [0.2, 0.25) is 5.91 Å². The zero-order chi connectivity index (χ0) is 10.1. The summed E-state index contributed by atoms with van der Waals surface area (Å²) < 4.78 is 0. The molecule has 1 heterocycles. The Labute approximate surface area is 78.3 Å². The van der Waals surface area contributed by atoms with Crippen molar-refractivity contribution in [1.29, 1.82) is 0 Å². The summed E-state index contributed by atoms with van der Waals surface area (Å²) in [5, 5.41) is 2.73. The van der Waals surface area contributed by atoms with E-state index in [9.17, 15) is 9.59 Å². The van der Waals surface area contributed by atoms with Crippen LogP contribution in [0.15, 0.2) is 0 Å². The van der Waals surface area contributed by atoms with Crippen LogP contribution in [0.1, 0.15) is 33.6 Å². The van der Waals surface area contributed by atoms with Crippen molar-refractivity contribution in [3.63, 3.8) is 0 Å². The lowest BCUT2D eigenvalue weighted by Gasteiger charge is -2.23. The van der Waals surface area contributed by atoms with E-state index in [1.54, 1.807) is 6.54 Å². The fourth-order valence-corrected chi connectivity index (χ4v) is 1.12. The van der Waals surface area contributed by atoms with Crippen molar-refractivity contribution >= 4 is 11.9 Å². The average molecular weight is 183 g/mol. The van der Waals surface area contributed by atoms with Crippen LogP contribution in [-0.4, -0.2) is 22.4 Å². The second kappa shape index (κ2) is 3.36. The summed E-state index contributed by atoms with van der Waals surface area (Å²) in [7, 11) is 0. The first-order chi connectivity index (χ1) is 5.90. The molecule has 0 aromatic carbocycles. The lowest BCUT2D eigenvalue weighted by Crippen LogP contribution is -2.47. The summed E-state index contributed by atoms with van der Waals surface area (Å²) in [4.78, 5) is 23.7. The number of urea groups is 1. The van der Waals surface area contributed by atoms with Gasteiger partial charge in [-0.2, -0.15) is 0 Å². The van der Waals surface area contributed by atoms with E-state index < -0.39 is 0 Å². The second-order valence-electron chi connectivity index (χ2n) is 4.17. The Morgan fingerprint density at radius 1 is 1.54 bits per heavy atom. The van der Waals surface area contributed by atoms with E-state index >= 15 is 0 Å². The largest absolute Gasteiger partial charge is 0.333 e. The quantitative estimate of drug-likeness (QED) is 0.615. The van der Waals surface area contributed by atoms with Gasteiger partial charge in [-0.25, -0.2) is 4.79 Å². The smallest absolute Gasteiger partial charge is 0.324 e. The van der Waals surface area contributed by atoms with Crippen molar-refractivity contribution in [2.24, 2.45) is 0 Å². The van der Waals surface area contributed by atoms with Crippen LogP contribution in [0, 0.1) is 6.54 Å². The van der Waals surface area contributed by atoms with Crippen molar-refractivity contribution in [3.05, 3.63) is 6.54 Å². The molecule has 1 aliphatic rings. The first-order valence-corrected chi connectivity index (χ1v) is 4.38. The Bertz CT molecular complexity index is 230. The van der Waals surface area contributed by atoms with Crippen molar-refractivity contribution < 1.29 is 9.59 Å². The van der Waals surface area contributed by atoms with E-state index in [0.717, 1.165) is 4.90 Å². The van der Waals surface area contributed by atoms with E-state index in [2.05, 4.69) is 5.32 Å². The molecular formula is C9H15N2O2. The minimum Gasteiger partial charge on any atom is -0.333 e. The van der Waals surface area contributed by atoms with Crippen LogP contribution in [-0.2, 0) is 4.79 Å². The van der Waals surface area contributed by atoms with Crippen molar-refractivity contribution in [2.75, 3.05) is 0 Å². The molecule has 4 nitrogen and oxygen atoms in total. The summed E-state index contributed by atoms with van der Waals surface area (Å²) in [5.41, 5.74) is -0.298. The lowest BCUT2D eigenvalue weighted by atomic mass is 10.1. The summed E-state index contributed by atoms with van der Waals surface area (Å²) >= 11 is 0. The SMILES string of the molecule is CC(C)(C)NC(=O)N1[CH]CCC1=O. The molecule has 13 heavy (non-hydrogen) atoms. The van der Waals surface area contributed by atoms with Gasteiger partial charge in [0.05, 0.1) is 6.54 Å². The van der Waals surface area contributed by atoms with Gasteiger partial charge in [0, 0.05) is 12.0 Å². The highest BCUT2D eigenvalue weighted by Gasteiger charge is 2.28. The first-order valence-electron chi connectivity index (χ1n) is 4.38. The molecule has 3 amide bonds. The molecule has 0 unspecified atom stereocenters. The number of nitrogens with one attached hydrogen (secondary N) is 1. The number of hydrogen-bond donors (Lipinski definition) is 1. The normalized spacial score (nSPS) is 17.8. The van der Waals surface area contributed by atoms with Gasteiger partial charge in [-0.05, 0) is 27.2 Å². The Morgan fingerprint density at radius 3 is 2.54 bits per heavy atom. The predicted molar refractivity (Wildman–Crippen MR) is 48.7 cm³/mol. The molecule has 0 atom stereocenters. The fraction of sp³-hybridized carbons (Fsp3) is 0.667. The van der Waals surface area contributed by atoms with Gasteiger partial charge in [0.15, 0.2) is 0 Å². The lowest BCUT2D eigenvalue weighted by molar-refractivity contribution is -0.124. The molecule has 1 N–H and O–H groups in total. The molecule has 4 heteroatoms.